The lowest BCUT2D eigenvalue weighted by molar-refractivity contribution is -0.136. The normalized spacial score (nSPS) is 18.6. The van der Waals surface area contributed by atoms with Gasteiger partial charge in [0.05, 0.1) is 36.0 Å². The van der Waals surface area contributed by atoms with E-state index >= 15 is 0 Å². The van der Waals surface area contributed by atoms with Gasteiger partial charge in [0.25, 0.3) is 17.7 Å². The number of aromatic nitrogens is 4. The van der Waals surface area contributed by atoms with Crippen molar-refractivity contribution in [2.75, 3.05) is 71.5 Å². The Hall–Kier alpha value is -6.07. The van der Waals surface area contributed by atoms with Crippen molar-refractivity contribution in [3.63, 3.8) is 0 Å². The summed E-state index contributed by atoms with van der Waals surface area (Å²) in [6, 6.07) is 9.79. The van der Waals surface area contributed by atoms with E-state index in [0.717, 1.165) is 85.7 Å². The van der Waals surface area contributed by atoms with Crippen LogP contribution in [0.15, 0.2) is 48.8 Å². The second kappa shape index (κ2) is 18.3. The topological polar surface area (TPSA) is 189 Å². The van der Waals surface area contributed by atoms with Crippen LogP contribution in [0.1, 0.15) is 100 Å². The number of ether oxygens (including phenoxy) is 2. The molecule has 1 aliphatic carbocycles. The number of ketones is 1. The first-order valence-electron chi connectivity index (χ1n) is 21.1. The first-order valence-corrected chi connectivity index (χ1v) is 21.1. The molecule has 0 radical (unpaired) electrons. The van der Waals surface area contributed by atoms with Gasteiger partial charge in [0.2, 0.25) is 11.8 Å². The summed E-state index contributed by atoms with van der Waals surface area (Å²) in [5, 5.41) is 3.06. The Morgan fingerprint density at radius 3 is 2.46 bits per heavy atom. The van der Waals surface area contributed by atoms with E-state index in [1.807, 2.05) is 24.5 Å². The van der Waals surface area contributed by atoms with E-state index in [1.54, 1.807) is 25.1 Å². The van der Waals surface area contributed by atoms with Gasteiger partial charge in [0, 0.05) is 89.6 Å². The fourth-order valence-electron chi connectivity index (χ4n) is 8.66. The first kappa shape index (κ1) is 41.7. The van der Waals surface area contributed by atoms with Crippen molar-refractivity contribution in [3.05, 3.63) is 77.1 Å². The Labute approximate surface area is 353 Å². The van der Waals surface area contributed by atoms with Crippen LogP contribution in [0, 0.1) is 0 Å². The summed E-state index contributed by atoms with van der Waals surface area (Å²) in [6.45, 7) is 4.96. The van der Waals surface area contributed by atoms with Crippen LogP contribution in [0.3, 0.4) is 0 Å². The van der Waals surface area contributed by atoms with Gasteiger partial charge in [0.15, 0.2) is 5.78 Å². The molecule has 1 N–H and O–H groups in total. The summed E-state index contributed by atoms with van der Waals surface area (Å²) in [5.74, 6) is -1.87. The Bertz CT molecular complexity index is 2330. The maximum Gasteiger partial charge on any atom is 0.270 e. The van der Waals surface area contributed by atoms with Crippen LogP contribution in [0.25, 0.3) is 11.0 Å². The Balaban J connectivity index is 0.738. The molecule has 2 saturated heterocycles. The predicted octanol–water partition coefficient (Wildman–Crippen LogP) is 3.20. The molecule has 17 heteroatoms. The second-order valence-electron chi connectivity index (χ2n) is 16.3. The highest BCUT2D eigenvalue weighted by molar-refractivity contribution is 6.24. The number of fused-ring (bicyclic) bond motifs is 2. The zero-order valence-electron chi connectivity index (χ0n) is 34.6. The predicted molar refractivity (Wildman–Crippen MR) is 222 cm³/mol. The van der Waals surface area contributed by atoms with Gasteiger partial charge in [-0.25, -0.2) is 9.97 Å². The standard InChI is InChI=1S/C44H51N9O8/c1-49(2)43(58)35-23-28-25-46-37(47-40(28)52(35)30-7-3-4-8-30)24-29-12-13-31(26-45-29)51-18-16-50(17-19-51)20-22-60-21-6-9-32(54)27-61-36-11-5-10-33-39(36)44(59)53(42(33)57)34-14-15-38(55)48-41(34)56/h5,10-13,23,25-26,30,34H,3-4,6-9,14-22,24,27H2,1-2H3,(H,48,55,56). The third-order valence-electron chi connectivity index (χ3n) is 11.9. The van der Waals surface area contributed by atoms with Gasteiger partial charge in [-0.3, -0.25) is 48.9 Å². The maximum absolute atomic E-state index is 13.3. The molecule has 1 aromatic carbocycles. The van der Waals surface area contributed by atoms with Gasteiger partial charge in [-0.15, -0.1) is 0 Å². The molecule has 3 aliphatic heterocycles. The van der Waals surface area contributed by atoms with Crippen LogP contribution in [-0.4, -0.2) is 142 Å². The molecule has 1 saturated carbocycles. The number of anilines is 1. The molecule has 1 unspecified atom stereocenters. The number of carbonyl (C=O) groups excluding carboxylic acids is 6. The van der Waals surface area contributed by atoms with Crippen molar-refractivity contribution in [3.8, 4) is 5.75 Å². The average Bonchev–Trinajstić information content (AvgIpc) is 3.98. The minimum atomic E-state index is -1.08. The highest BCUT2D eigenvalue weighted by Crippen LogP contribution is 2.36. The summed E-state index contributed by atoms with van der Waals surface area (Å²) in [6.07, 6.45) is 9.44. The lowest BCUT2D eigenvalue weighted by Crippen LogP contribution is -2.54. The summed E-state index contributed by atoms with van der Waals surface area (Å²) < 4.78 is 13.7. The van der Waals surface area contributed by atoms with Crippen LogP contribution in [0.4, 0.5) is 5.69 Å². The smallest absolute Gasteiger partial charge is 0.270 e. The number of piperidine rings is 1. The largest absolute Gasteiger partial charge is 0.485 e. The van der Waals surface area contributed by atoms with Gasteiger partial charge < -0.3 is 23.8 Å². The van der Waals surface area contributed by atoms with E-state index in [4.69, 9.17) is 19.4 Å². The van der Waals surface area contributed by atoms with Crippen molar-refractivity contribution < 1.29 is 38.2 Å². The van der Waals surface area contributed by atoms with E-state index in [9.17, 15) is 28.8 Å². The molecule has 0 spiro atoms. The summed E-state index contributed by atoms with van der Waals surface area (Å²) in [7, 11) is 3.55. The third-order valence-corrected chi connectivity index (χ3v) is 11.9. The number of benzene rings is 1. The van der Waals surface area contributed by atoms with Crippen LogP contribution in [0.5, 0.6) is 5.75 Å². The van der Waals surface area contributed by atoms with Crippen molar-refractivity contribution >= 4 is 52.0 Å². The number of nitrogens with one attached hydrogen (secondary N) is 1. The fourth-order valence-corrected chi connectivity index (χ4v) is 8.66. The lowest BCUT2D eigenvalue weighted by Gasteiger charge is -2.35. The quantitative estimate of drug-likeness (QED) is 0.128. The minimum absolute atomic E-state index is 0.0144. The number of nitrogens with zero attached hydrogens (tertiary/aromatic N) is 8. The number of piperazine rings is 1. The van der Waals surface area contributed by atoms with E-state index in [2.05, 4.69) is 30.7 Å². The molecule has 1 atom stereocenters. The van der Waals surface area contributed by atoms with Gasteiger partial charge in [-0.1, -0.05) is 18.9 Å². The second-order valence-corrected chi connectivity index (χ2v) is 16.3. The Morgan fingerprint density at radius 1 is 0.918 bits per heavy atom. The number of hydrogen-bond donors (Lipinski definition) is 1. The third kappa shape index (κ3) is 9.03. The molecule has 6 heterocycles. The molecule has 17 nitrogen and oxygen atoms in total. The van der Waals surface area contributed by atoms with Crippen molar-refractivity contribution in [2.45, 2.75) is 69.9 Å². The fraction of sp³-hybridized carbons (Fsp3) is 0.477. The number of carbonyl (C=O) groups is 6. The zero-order valence-corrected chi connectivity index (χ0v) is 34.6. The van der Waals surface area contributed by atoms with Crippen LogP contribution >= 0.6 is 0 Å². The van der Waals surface area contributed by atoms with E-state index in [0.29, 0.717) is 37.6 Å². The molecule has 61 heavy (non-hydrogen) atoms. The van der Waals surface area contributed by atoms with Gasteiger partial charge in [0.1, 0.15) is 35.6 Å². The van der Waals surface area contributed by atoms with Crippen LogP contribution < -0.4 is 15.0 Å². The maximum atomic E-state index is 13.3. The van der Waals surface area contributed by atoms with Crippen LogP contribution in [0.2, 0.25) is 0 Å². The highest BCUT2D eigenvalue weighted by atomic mass is 16.5. The van der Waals surface area contributed by atoms with E-state index in [-0.39, 0.29) is 60.5 Å². The number of pyridine rings is 1. The van der Waals surface area contributed by atoms with Gasteiger partial charge in [-0.2, -0.15) is 0 Å². The average molecular weight is 834 g/mol. The zero-order chi connectivity index (χ0) is 42.6. The molecule has 4 aromatic rings. The molecule has 320 valence electrons. The van der Waals surface area contributed by atoms with Crippen molar-refractivity contribution in [1.82, 2.24) is 39.5 Å². The SMILES string of the molecule is CN(C)C(=O)c1cc2cnc(Cc3ccc(N4CCN(CCOCCCC(=O)COc5cccc6c5C(=O)N(C5CCC(=O)NC5=O)C6=O)CC4)cn3)nc2n1C1CCCC1. The minimum Gasteiger partial charge on any atom is -0.485 e. The van der Waals surface area contributed by atoms with E-state index < -0.39 is 29.7 Å². The Kier molecular flexibility index (Phi) is 12.5. The number of imide groups is 2. The summed E-state index contributed by atoms with van der Waals surface area (Å²) in [5.41, 5.74) is 3.54. The lowest BCUT2D eigenvalue weighted by atomic mass is 10.0. The van der Waals surface area contributed by atoms with Crippen molar-refractivity contribution in [2.24, 2.45) is 0 Å². The summed E-state index contributed by atoms with van der Waals surface area (Å²) >= 11 is 0. The number of rotatable bonds is 16. The first-order chi connectivity index (χ1) is 29.5. The van der Waals surface area contributed by atoms with Crippen LogP contribution in [-0.2, 0) is 25.5 Å². The molecule has 5 amide bonds. The van der Waals surface area contributed by atoms with Gasteiger partial charge in [-0.05, 0) is 56.0 Å². The number of amides is 5. The Morgan fingerprint density at radius 2 is 1.72 bits per heavy atom. The molecule has 0 bridgehead atoms. The molecule has 3 fully saturated rings. The van der Waals surface area contributed by atoms with Crippen molar-refractivity contribution in [1.29, 1.82) is 0 Å². The van der Waals surface area contributed by atoms with Gasteiger partial charge >= 0.3 is 0 Å². The molecule has 4 aliphatic rings. The molecule has 3 aromatic heterocycles. The highest BCUT2D eigenvalue weighted by Gasteiger charge is 2.46. The molecular weight excluding hydrogens is 783 g/mol. The number of Topliss-reactive ketones (excluding diaryl/α,β-unsaturated/α-hetero) is 1. The number of hydrogen-bond acceptors (Lipinski definition) is 13. The van der Waals surface area contributed by atoms with E-state index in [1.165, 1.54) is 12.1 Å². The molecular formula is C44H51N9O8. The monoisotopic (exact) mass is 833 g/mol. The summed E-state index contributed by atoms with van der Waals surface area (Å²) in [4.78, 5) is 97.5. The molecule has 8 rings (SSSR count).